The second-order valence-electron chi connectivity index (χ2n) is 4.98. The molecule has 1 aliphatic rings. The fourth-order valence-electron chi connectivity index (χ4n) is 2.76. The summed E-state index contributed by atoms with van der Waals surface area (Å²) >= 11 is 0. The van der Waals surface area contributed by atoms with Gasteiger partial charge in [-0.25, -0.2) is 0 Å². The minimum atomic E-state index is 0.466. The van der Waals surface area contributed by atoms with Gasteiger partial charge in [0.1, 0.15) is 0 Å². The summed E-state index contributed by atoms with van der Waals surface area (Å²) in [5, 5.41) is 3.31. The Morgan fingerprint density at radius 3 is 2.88 bits per heavy atom. The van der Waals surface area contributed by atoms with Crippen molar-refractivity contribution in [1.29, 1.82) is 0 Å². The maximum atomic E-state index is 5.76. The van der Waals surface area contributed by atoms with Crippen molar-refractivity contribution in [3.8, 4) is 0 Å². The fourth-order valence-corrected chi connectivity index (χ4v) is 2.76. The minimum Gasteiger partial charge on any atom is -0.378 e. The normalized spacial score (nSPS) is 21.6. The Kier molecular flexibility index (Phi) is 4.57. The van der Waals surface area contributed by atoms with Crippen molar-refractivity contribution in [2.75, 3.05) is 20.2 Å². The number of likely N-dealkylation sites (N-methyl/N-ethyl adjacent to an activating group) is 1. The average Bonchev–Trinajstić information content (AvgIpc) is 2.82. The number of hydrogen-bond donors (Lipinski definition) is 1. The lowest BCUT2D eigenvalue weighted by atomic mass is 9.89. The van der Waals surface area contributed by atoms with Crippen LogP contribution in [0, 0.1) is 6.92 Å². The van der Waals surface area contributed by atoms with E-state index in [1.807, 2.05) is 7.05 Å². The summed E-state index contributed by atoms with van der Waals surface area (Å²) in [7, 11) is 2.03. The second-order valence-corrected chi connectivity index (χ2v) is 4.98. The van der Waals surface area contributed by atoms with Gasteiger partial charge in [-0.3, -0.25) is 0 Å². The third-order valence-electron chi connectivity index (χ3n) is 3.65. The second kappa shape index (κ2) is 6.18. The summed E-state index contributed by atoms with van der Waals surface area (Å²) in [6.45, 7) is 4.18. The molecule has 94 valence electrons. The molecule has 1 heterocycles. The van der Waals surface area contributed by atoms with Crippen LogP contribution in [0.1, 0.15) is 36.3 Å². The van der Waals surface area contributed by atoms with Crippen LogP contribution in [0.2, 0.25) is 0 Å². The molecule has 2 unspecified atom stereocenters. The summed E-state index contributed by atoms with van der Waals surface area (Å²) in [5.74, 6) is 0.573. The van der Waals surface area contributed by atoms with E-state index in [0.29, 0.717) is 12.0 Å². The Morgan fingerprint density at radius 2 is 2.24 bits per heavy atom. The highest BCUT2D eigenvalue weighted by Gasteiger charge is 2.22. The van der Waals surface area contributed by atoms with Crippen molar-refractivity contribution in [1.82, 2.24) is 5.32 Å². The zero-order valence-electron chi connectivity index (χ0n) is 10.9. The number of hydrogen-bond acceptors (Lipinski definition) is 2. The van der Waals surface area contributed by atoms with E-state index in [4.69, 9.17) is 4.74 Å². The molecule has 0 amide bonds. The molecule has 2 heteroatoms. The SMILES string of the molecule is CNCC(CC1CCCO1)c1ccccc1C. The van der Waals surface area contributed by atoms with Gasteiger partial charge in [0.05, 0.1) is 6.10 Å². The summed E-state index contributed by atoms with van der Waals surface area (Å²) in [6, 6.07) is 8.71. The molecule has 0 spiro atoms. The molecule has 1 fully saturated rings. The first-order valence-electron chi connectivity index (χ1n) is 6.63. The molecule has 17 heavy (non-hydrogen) atoms. The maximum absolute atomic E-state index is 5.76. The predicted octanol–water partition coefficient (Wildman–Crippen LogP) is 2.87. The quantitative estimate of drug-likeness (QED) is 0.844. The zero-order chi connectivity index (χ0) is 12.1. The lowest BCUT2D eigenvalue weighted by Gasteiger charge is -2.22. The van der Waals surface area contributed by atoms with Gasteiger partial charge in [0.2, 0.25) is 0 Å². The van der Waals surface area contributed by atoms with Gasteiger partial charge < -0.3 is 10.1 Å². The number of nitrogens with one attached hydrogen (secondary N) is 1. The van der Waals surface area contributed by atoms with Crippen LogP contribution in [0.4, 0.5) is 0 Å². The van der Waals surface area contributed by atoms with Crippen LogP contribution in [-0.2, 0) is 4.74 Å². The highest BCUT2D eigenvalue weighted by Crippen LogP contribution is 2.28. The van der Waals surface area contributed by atoms with Crippen molar-refractivity contribution < 1.29 is 4.74 Å². The first-order chi connectivity index (χ1) is 8.31. The molecular weight excluding hydrogens is 210 g/mol. The molecule has 0 aromatic heterocycles. The van der Waals surface area contributed by atoms with Gasteiger partial charge >= 0.3 is 0 Å². The highest BCUT2D eigenvalue weighted by molar-refractivity contribution is 5.29. The molecule has 0 aliphatic carbocycles. The minimum absolute atomic E-state index is 0.466. The van der Waals surface area contributed by atoms with Crippen LogP contribution in [0.3, 0.4) is 0 Å². The summed E-state index contributed by atoms with van der Waals surface area (Å²) in [6.07, 6.45) is 4.07. The van der Waals surface area contributed by atoms with Crippen molar-refractivity contribution in [3.63, 3.8) is 0 Å². The number of ether oxygens (including phenoxy) is 1. The van der Waals surface area contributed by atoms with Crippen LogP contribution in [-0.4, -0.2) is 26.3 Å². The first kappa shape index (κ1) is 12.6. The van der Waals surface area contributed by atoms with Crippen molar-refractivity contribution in [3.05, 3.63) is 35.4 Å². The standard InChI is InChI=1S/C15H23NO/c1-12-6-3-4-8-15(12)13(11-16-2)10-14-7-5-9-17-14/h3-4,6,8,13-14,16H,5,7,9-11H2,1-2H3. The van der Waals surface area contributed by atoms with E-state index >= 15 is 0 Å². The molecule has 1 aromatic rings. The van der Waals surface area contributed by atoms with Crippen molar-refractivity contribution >= 4 is 0 Å². The van der Waals surface area contributed by atoms with Crippen LogP contribution in [0.15, 0.2) is 24.3 Å². The lowest BCUT2D eigenvalue weighted by Crippen LogP contribution is -2.22. The van der Waals surface area contributed by atoms with E-state index < -0.39 is 0 Å². The molecule has 1 N–H and O–H groups in total. The Morgan fingerprint density at radius 1 is 1.41 bits per heavy atom. The van der Waals surface area contributed by atoms with E-state index in [9.17, 15) is 0 Å². The zero-order valence-corrected chi connectivity index (χ0v) is 10.9. The lowest BCUT2D eigenvalue weighted by molar-refractivity contribution is 0.0978. The molecule has 1 aromatic carbocycles. The Bertz CT molecular complexity index is 345. The molecule has 0 bridgehead atoms. The third-order valence-corrected chi connectivity index (χ3v) is 3.65. The van der Waals surface area contributed by atoms with Crippen LogP contribution in [0.5, 0.6) is 0 Å². The third kappa shape index (κ3) is 3.30. The molecule has 2 atom stereocenters. The Hall–Kier alpha value is -0.860. The highest BCUT2D eigenvalue weighted by atomic mass is 16.5. The summed E-state index contributed by atoms with van der Waals surface area (Å²) < 4.78 is 5.76. The van der Waals surface area contributed by atoms with E-state index in [-0.39, 0.29) is 0 Å². The van der Waals surface area contributed by atoms with Crippen LogP contribution in [0.25, 0.3) is 0 Å². The number of benzene rings is 1. The monoisotopic (exact) mass is 233 g/mol. The summed E-state index contributed by atoms with van der Waals surface area (Å²) in [4.78, 5) is 0. The fraction of sp³-hybridized carbons (Fsp3) is 0.600. The van der Waals surface area contributed by atoms with Crippen molar-refractivity contribution in [2.24, 2.45) is 0 Å². The molecule has 1 saturated heterocycles. The molecule has 2 rings (SSSR count). The first-order valence-corrected chi connectivity index (χ1v) is 6.63. The molecule has 0 radical (unpaired) electrons. The largest absolute Gasteiger partial charge is 0.378 e. The Balaban J connectivity index is 2.08. The molecule has 1 aliphatic heterocycles. The van der Waals surface area contributed by atoms with Gasteiger partial charge in [-0.2, -0.15) is 0 Å². The smallest absolute Gasteiger partial charge is 0.0582 e. The molecule has 0 saturated carbocycles. The van der Waals surface area contributed by atoms with Gasteiger partial charge in [0.15, 0.2) is 0 Å². The van der Waals surface area contributed by atoms with Gasteiger partial charge in [0.25, 0.3) is 0 Å². The van der Waals surface area contributed by atoms with Gasteiger partial charge in [-0.1, -0.05) is 24.3 Å². The number of aryl methyl sites for hydroxylation is 1. The molecule has 2 nitrogen and oxygen atoms in total. The van der Waals surface area contributed by atoms with Gasteiger partial charge in [-0.05, 0) is 50.3 Å². The van der Waals surface area contributed by atoms with Crippen LogP contribution < -0.4 is 5.32 Å². The van der Waals surface area contributed by atoms with E-state index in [0.717, 1.165) is 19.6 Å². The van der Waals surface area contributed by atoms with E-state index in [1.54, 1.807) is 0 Å². The van der Waals surface area contributed by atoms with Gasteiger partial charge in [0, 0.05) is 13.2 Å². The summed E-state index contributed by atoms with van der Waals surface area (Å²) in [5.41, 5.74) is 2.86. The van der Waals surface area contributed by atoms with Crippen LogP contribution >= 0.6 is 0 Å². The van der Waals surface area contributed by atoms with E-state index in [1.165, 1.54) is 24.0 Å². The van der Waals surface area contributed by atoms with E-state index in [2.05, 4.69) is 36.5 Å². The maximum Gasteiger partial charge on any atom is 0.0582 e. The molecular formula is C15H23NO. The Labute approximate surface area is 104 Å². The predicted molar refractivity (Wildman–Crippen MR) is 71.4 cm³/mol. The topological polar surface area (TPSA) is 21.3 Å². The van der Waals surface area contributed by atoms with Crippen molar-refractivity contribution in [2.45, 2.75) is 38.2 Å². The average molecular weight is 233 g/mol. The van der Waals surface area contributed by atoms with Gasteiger partial charge in [-0.15, -0.1) is 0 Å². The number of rotatable bonds is 5.